The van der Waals surface area contributed by atoms with E-state index in [1.165, 1.54) is 48.6 Å². The number of rotatable bonds is 4. The molecule has 1 heterocycles. The van der Waals surface area contributed by atoms with Crippen LogP contribution in [0, 0.1) is 6.92 Å². The van der Waals surface area contributed by atoms with Crippen LogP contribution in [0.1, 0.15) is 49.1 Å². The van der Waals surface area contributed by atoms with Crippen LogP contribution < -0.4 is 5.32 Å². The molecular formula is C23H24Cl2N2O. The van der Waals surface area contributed by atoms with Crippen molar-refractivity contribution in [3.05, 3.63) is 52.5 Å². The highest BCUT2D eigenvalue weighted by atomic mass is 35.5. The minimum absolute atomic E-state index is 0.0899. The number of carbonyl (C=O) groups excluding carboxylic acids is 1. The summed E-state index contributed by atoms with van der Waals surface area (Å²) in [6.45, 7) is 2.11. The van der Waals surface area contributed by atoms with Crippen molar-refractivity contribution in [2.45, 2.75) is 44.9 Å². The van der Waals surface area contributed by atoms with E-state index >= 15 is 0 Å². The average Bonchev–Trinajstić information content (AvgIpc) is 3.06. The Morgan fingerprint density at radius 2 is 1.93 bits per heavy atom. The number of aromatic nitrogens is 1. The summed E-state index contributed by atoms with van der Waals surface area (Å²) in [5, 5.41) is 4.77. The minimum Gasteiger partial charge on any atom is -0.354 e. The number of benzene rings is 2. The molecule has 0 saturated heterocycles. The molecule has 1 aliphatic carbocycles. The first-order valence-corrected chi connectivity index (χ1v) is 10.8. The van der Waals surface area contributed by atoms with E-state index in [9.17, 15) is 4.79 Å². The lowest BCUT2D eigenvalue weighted by Crippen LogP contribution is -2.13. The number of aryl methyl sites for hydroxylation is 1. The van der Waals surface area contributed by atoms with Gasteiger partial charge in [-0.3, -0.25) is 4.79 Å². The quantitative estimate of drug-likeness (QED) is 0.442. The maximum Gasteiger partial charge on any atom is 0.239 e. The Kier molecular flexibility index (Phi) is 5.65. The van der Waals surface area contributed by atoms with E-state index < -0.39 is 0 Å². The third-order valence-corrected chi connectivity index (χ3v) is 6.13. The number of alkyl halides is 1. The third kappa shape index (κ3) is 3.78. The molecule has 1 aromatic heterocycles. The summed E-state index contributed by atoms with van der Waals surface area (Å²) >= 11 is 11.9. The smallest absolute Gasteiger partial charge is 0.239 e. The van der Waals surface area contributed by atoms with Gasteiger partial charge in [0, 0.05) is 21.5 Å². The summed E-state index contributed by atoms with van der Waals surface area (Å²) in [5.41, 5.74) is 6.45. The SMILES string of the molecule is Cc1ccc2c(C3CCCCC3)c(-c3ccc(Cl)cc3NC(=O)CCl)[nH]c2c1. The fourth-order valence-electron chi connectivity index (χ4n) is 4.38. The van der Waals surface area contributed by atoms with Crippen molar-refractivity contribution in [3.63, 3.8) is 0 Å². The highest BCUT2D eigenvalue weighted by Gasteiger charge is 2.25. The number of aromatic amines is 1. The Labute approximate surface area is 175 Å². The lowest BCUT2D eigenvalue weighted by Gasteiger charge is -2.23. The summed E-state index contributed by atoms with van der Waals surface area (Å²) in [7, 11) is 0. The number of hydrogen-bond donors (Lipinski definition) is 2. The van der Waals surface area contributed by atoms with Crippen LogP contribution in [0.3, 0.4) is 0 Å². The van der Waals surface area contributed by atoms with E-state index in [1.807, 2.05) is 12.1 Å². The molecule has 146 valence electrons. The van der Waals surface area contributed by atoms with E-state index in [0.717, 1.165) is 16.8 Å². The number of amides is 1. The van der Waals surface area contributed by atoms with Gasteiger partial charge in [0.05, 0.1) is 11.4 Å². The maximum atomic E-state index is 12.0. The molecule has 0 bridgehead atoms. The van der Waals surface area contributed by atoms with Crippen LogP contribution in [0.5, 0.6) is 0 Å². The van der Waals surface area contributed by atoms with Crippen LogP contribution in [-0.2, 0) is 4.79 Å². The molecular weight excluding hydrogens is 391 g/mol. The predicted octanol–water partition coefficient (Wildman–Crippen LogP) is 7.02. The fraction of sp³-hybridized carbons (Fsp3) is 0.348. The Morgan fingerprint density at radius 1 is 1.14 bits per heavy atom. The van der Waals surface area contributed by atoms with Gasteiger partial charge in [-0.1, -0.05) is 43.0 Å². The van der Waals surface area contributed by atoms with Crippen LogP contribution in [0.2, 0.25) is 5.02 Å². The van der Waals surface area contributed by atoms with Crippen molar-refractivity contribution < 1.29 is 4.79 Å². The van der Waals surface area contributed by atoms with Gasteiger partial charge >= 0.3 is 0 Å². The molecule has 1 amide bonds. The molecule has 2 N–H and O–H groups in total. The summed E-state index contributed by atoms with van der Waals surface area (Å²) in [6.07, 6.45) is 6.24. The zero-order valence-electron chi connectivity index (χ0n) is 15.9. The molecule has 5 heteroatoms. The summed E-state index contributed by atoms with van der Waals surface area (Å²) in [5.74, 6) is 0.191. The van der Waals surface area contributed by atoms with E-state index in [4.69, 9.17) is 23.2 Å². The van der Waals surface area contributed by atoms with Crippen LogP contribution in [-0.4, -0.2) is 16.8 Å². The van der Waals surface area contributed by atoms with Gasteiger partial charge < -0.3 is 10.3 Å². The summed E-state index contributed by atoms with van der Waals surface area (Å²) in [6, 6.07) is 12.2. The number of hydrogen-bond acceptors (Lipinski definition) is 1. The molecule has 3 aromatic rings. The van der Waals surface area contributed by atoms with Gasteiger partial charge in [-0.15, -0.1) is 11.6 Å². The van der Waals surface area contributed by atoms with Crippen LogP contribution in [0.25, 0.3) is 22.2 Å². The van der Waals surface area contributed by atoms with Gasteiger partial charge in [0.1, 0.15) is 5.88 Å². The van der Waals surface area contributed by atoms with Gasteiger partial charge in [0.15, 0.2) is 0 Å². The van der Waals surface area contributed by atoms with Crippen LogP contribution >= 0.6 is 23.2 Å². The standard InChI is InChI=1S/C23H24Cl2N2O/c1-14-7-9-17-19(11-14)27-23(22(17)15-5-3-2-4-6-15)18-10-8-16(25)12-20(18)26-21(28)13-24/h7-12,15,27H,2-6,13H2,1H3,(H,26,28). The van der Waals surface area contributed by atoms with E-state index in [-0.39, 0.29) is 11.8 Å². The average molecular weight is 415 g/mol. The largest absolute Gasteiger partial charge is 0.354 e. The zero-order valence-corrected chi connectivity index (χ0v) is 17.5. The maximum absolute atomic E-state index is 12.0. The molecule has 4 rings (SSSR count). The van der Waals surface area contributed by atoms with Gasteiger partial charge in [-0.05, 0) is 61.1 Å². The molecule has 28 heavy (non-hydrogen) atoms. The highest BCUT2D eigenvalue weighted by Crippen LogP contribution is 2.44. The summed E-state index contributed by atoms with van der Waals surface area (Å²) < 4.78 is 0. The van der Waals surface area contributed by atoms with Crippen LogP contribution in [0.15, 0.2) is 36.4 Å². The topological polar surface area (TPSA) is 44.9 Å². The second-order valence-corrected chi connectivity index (χ2v) is 8.37. The monoisotopic (exact) mass is 414 g/mol. The number of H-pyrrole nitrogens is 1. The fourth-order valence-corrected chi connectivity index (χ4v) is 4.62. The second kappa shape index (κ2) is 8.18. The molecule has 1 saturated carbocycles. The molecule has 3 nitrogen and oxygen atoms in total. The van der Waals surface area contributed by atoms with Crippen molar-refractivity contribution >= 4 is 45.7 Å². The normalized spacial score (nSPS) is 15.1. The van der Waals surface area contributed by atoms with Crippen molar-refractivity contribution in [1.29, 1.82) is 0 Å². The summed E-state index contributed by atoms with van der Waals surface area (Å²) in [4.78, 5) is 15.6. The second-order valence-electron chi connectivity index (χ2n) is 7.67. The lowest BCUT2D eigenvalue weighted by molar-refractivity contribution is -0.113. The van der Waals surface area contributed by atoms with E-state index in [1.54, 1.807) is 6.07 Å². The molecule has 1 aliphatic rings. The highest BCUT2D eigenvalue weighted by molar-refractivity contribution is 6.31. The third-order valence-electron chi connectivity index (χ3n) is 5.65. The zero-order chi connectivity index (χ0) is 19.7. The first-order chi connectivity index (χ1) is 13.6. The van der Waals surface area contributed by atoms with Gasteiger partial charge in [-0.2, -0.15) is 0 Å². The first-order valence-electron chi connectivity index (χ1n) is 9.85. The Hall–Kier alpha value is -1.97. The van der Waals surface area contributed by atoms with Crippen molar-refractivity contribution in [3.8, 4) is 11.3 Å². The molecule has 0 unspecified atom stereocenters. The molecule has 1 fully saturated rings. The minimum atomic E-state index is -0.239. The van der Waals surface area contributed by atoms with Crippen molar-refractivity contribution in [2.75, 3.05) is 11.2 Å². The number of anilines is 1. The van der Waals surface area contributed by atoms with Gasteiger partial charge in [-0.25, -0.2) is 0 Å². The number of halogens is 2. The number of carbonyl (C=O) groups is 1. The number of fused-ring (bicyclic) bond motifs is 1. The van der Waals surface area contributed by atoms with Crippen molar-refractivity contribution in [2.24, 2.45) is 0 Å². The van der Waals surface area contributed by atoms with Crippen LogP contribution in [0.4, 0.5) is 5.69 Å². The lowest BCUT2D eigenvalue weighted by atomic mass is 9.81. The molecule has 2 aromatic carbocycles. The van der Waals surface area contributed by atoms with E-state index in [0.29, 0.717) is 16.6 Å². The molecule has 0 atom stereocenters. The molecule has 0 spiro atoms. The predicted molar refractivity (Wildman–Crippen MR) is 119 cm³/mol. The Bertz CT molecular complexity index is 1020. The van der Waals surface area contributed by atoms with Gasteiger partial charge in [0.2, 0.25) is 5.91 Å². The van der Waals surface area contributed by atoms with Crippen molar-refractivity contribution in [1.82, 2.24) is 4.98 Å². The Morgan fingerprint density at radius 3 is 2.68 bits per heavy atom. The van der Waals surface area contributed by atoms with E-state index in [2.05, 4.69) is 35.4 Å². The first kappa shape index (κ1) is 19.4. The molecule has 0 aliphatic heterocycles. The van der Waals surface area contributed by atoms with Gasteiger partial charge in [0.25, 0.3) is 0 Å². The Balaban J connectivity index is 1.92. The molecule has 0 radical (unpaired) electrons. The number of nitrogens with one attached hydrogen (secondary N) is 2.